The molecule has 43 heavy (non-hydrogen) atoms. The van der Waals surface area contributed by atoms with Crippen molar-refractivity contribution >= 4 is 17.3 Å². The fourth-order valence-electron chi connectivity index (χ4n) is 6.32. The number of benzene rings is 2. The molecule has 228 valence electrons. The molecule has 0 radical (unpaired) electrons. The highest BCUT2D eigenvalue weighted by Gasteiger charge is 2.52. The zero-order valence-corrected chi connectivity index (χ0v) is 26.7. The molecule has 1 saturated heterocycles. The molecule has 2 fully saturated rings. The maximum Gasteiger partial charge on any atom is 0.306 e. The van der Waals surface area contributed by atoms with Gasteiger partial charge >= 0.3 is 5.97 Å². The molecule has 5 rings (SSSR count). The van der Waals surface area contributed by atoms with E-state index >= 15 is 0 Å². The quantitative estimate of drug-likeness (QED) is 0.178. The van der Waals surface area contributed by atoms with Gasteiger partial charge in [0.15, 0.2) is 0 Å². The van der Waals surface area contributed by atoms with Gasteiger partial charge in [-0.15, -0.1) is 0 Å². The maximum atomic E-state index is 12.1. The predicted molar refractivity (Wildman–Crippen MR) is 171 cm³/mol. The van der Waals surface area contributed by atoms with Gasteiger partial charge in [0.25, 0.3) is 5.54 Å². The Balaban J connectivity index is 1.32. The molecule has 3 aromatic rings. The van der Waals surface area contributed by atoms with Gasteiger partial charge in [0.1, 0.15) is 11.4 Å². The lowest BCUT2D eigenvalue weighted by molar-refractivity contribution is -0.155. The number of likely N-dealkylation sites (tertiary alicyclic amines) is 1. The summed E-state index contributed by atoms with van der Waals surface area (Å²) in [5, 5.41) is 4.20. The standard InChI is InChI=1S/C36H46N4O3/c1-25-10-11-29(34-26(2)38-43-27(34)3)23-32(25)40(31-14-12-30(13-15-31)36(37-7)18-19-36)24-28-16-21-39(22-17-28)20-8-9-33(41)42-35(4,5)6/h10-15,23,28H,8-9,16-22,24H2,1-6H3. The number of piperidine rings is 1. The molecule has 0 spiro atoms. The van der Waals surface area contributed by atoms with Gasteiger partial charge in [-0.05, 0) is 128 Å². The van der Waals surface area contributed by atoms with E-state index in [4.69, 9.17) is 15.8 Å². The SMILES string of the molecule is [C-]#[N+]C1(c2ccc(N(CC3CCN(CCCC(=O)OC(C)(C)C)CC3)c3cc(-c4c(C)noc4C)ccc3C)cc2)CC1. The minimum Gasteiger partial charge on any atom is -0.460 e. The third-order valence-electron chi connectivity index (χ3n) is 8.90. The van der Waals surface area contributed by atoms with E-state index in [1.165, 1.54) is 11.3 Å². The Morgan fingerprint density at radius 3 is 2.40 bits per heavy atom. The Hall–Kier alpha value is -3.63. The van der Waals surface area contributed by atoms with E-state index in [-0.39, 0.29) is 11.5 Å². The zero-order chi connectivity index (χ0) is 30.8. The first-order valence-electron chi connectivity index (χ1n) is 15.7. The summed E-state index contributed by atoms with van der Waals surface area (Å²) in [6, 6.07) is 15.4. The highest BCUT2D eigenvalue weighted by atomic mass is 16.6. The summed E-state index contributed by atoms with van der Waals surface area (Å²) < 4.78 is 11.0. The summed E-state index contributed by atoms with van der Waals surface area (Å²) in [6.07, 6.45) is 5.44. The molecular formula is C36H46N4O3. The predicted octanol–water partition coefficient (Wildman–Crippen LogP) is 8.15. The Kier molecular flexibility index (Phi) is 8.99. The summed E-state index contributed by atoms with van der Waals surface area (Å²) in [6.45, 7) is 23.5. The summed E-state index contributed by atoms with van der Waals surface area (Å²) in [7, 11) is 0. The van der Waals surface area contributed by atoms with Crippen LogP contribution in [0.1, 0.15) is 81.9 Å². The lowest BCUT2D eigenvalue weighted by Gasteiger charge is -2.36. The number of rotatable bonds is 10. The van der Waals surface area contributed by atoms with Gasteiger partial charge < -0.3 is 23.9 Å². The van der Waals surface area contributed by atoms with Gasteiger partial charge in [0.2, 0.25) is 0 Å². The van der Waals surface area contributed by atoms with Crippen LogP contribution < -0.4 is 4.90 Å². The highest BCUT2D eigenvalue weighted by molar-refractivity contribution is 5.76. The first kappa shape index (κ1) is 30.8. The number of hydrogen-bond donors (Lipinski definition) is 0. The third-order valence-corrected chi connectivity index (χ3v) is 8.90. The zero-order valence-electron chi connectivity index (χ0n) is 26.7. The molecule has 2 heterocycles. The number of hydrogen-bond acceptors (Lipinski definition) is 6. The van der Waals surface area contributed by atoms with Gasteiger partial charge in [0.05, 0.1) is 5.69 Å². The van der Waals surface area contributed by atoms with Crippen LogP contribution in [0, 0.1) is 33.3 Å². The van der Waals surface area contributed by atoms with Crippen LogP contribution in [-0.2, 0) is 15.1 Å². The summed E-state index contributed by atoms with van der Waals surface area (Å²) in [4.78, 5) is 21.0. The summed E-state index contributed by atoms with van der Waals surface area (Å²) in [5.41, 5.74) is 7.04. The van der Waals surface area contributed by atoms with E-state index in [2.05, 4.69) is 69.2 Å². The average molecular weight is 583 g/mol. The molecule has 1 saturated carbocycles. The van der Waals surface area contributed by atoms with Gasteiger partial charge in [-0.2, -0.15) is 0 Å². The van der Waals surface area contributed by atoms with Crippen molar-refractivity contribution in [1.82, 2.24) is 10.1 Å². The molecule has 7 nitrogen and oxygen atoms in total. The first-order valence-corrected chi connectivity index (χ1v) is 15.7. The molecule has 7 heteroatoms. The normalized spacial score (nSPS) is 17.0. The number of carbonyl (C=O) groups excluding carboxylic acids is 1. The lowest BCUT2D eigenvalue weighted by atomic mass is 9.94. The molecule has 2 aromatic carbocycles. The van der Waals surface area contributed by atoms with Gasteiger partial charge in [-0.25, -0.2) is 6.57 Å². The number of anilines is 2. The van der Waals surface area contributed by atoms with Crippen LogP contribution in [0.4, 0.5) is 11.4 Å². The van der Waals surface area contributed by atoms with Crippen LogP contribution in [0.15, 0.2) is 47.0 Å². The number of ether oxygens (including phenoxy) is 1. The number of aryl methyl sites for hydroxylation is 3. The molecule has 0 bridgehead atoms. The molecule has 2 aliphatic rings. The number of nitrogens with zero attached hydrogens (tertiary/aromatic N) is 4. The van der Waals surface area contributed by atoms with E-state index in [0.29, 0.717) is 12.3 Å². The minimum atomic E-state index is -0.428. The first-order chi connectivity index (χ1) is 20.5. The largest absolute Gasteiger partial charge is 0.460 e. The number of aromatic nitrogens is 1. The number of esters is 1. The highest BCUT2D eigenvalue weighted by Crippen LogP contribution is 2.50. The Morgan fingerprint density at radius 2 is 1.81 bits per heavy atom. The van der Waals surface area contributed by atoms with Crippen LogP contribution >= 0.6 is 0 Å². The van der Waals surface area contributed by atoms with Crippen molar-refractivity contribution in [2.75, 3.05) is 31.1 Å². The van der Waals surface area contributed by atoms with Crippen LogP contribution in [-0.4, -0.2) is 47.8 Å². The monoisotopic (exact) mass is 582 g/mol. The molecule has 1 aromatic heterocycles. The van der Waals surface area contributed by atoms with E-state index in [0.717, 1.165) is 92.1 Å². The fraction of sp³-hybridized carbons (Fsp3) is 0.528. The van der Waals surface area contributed by atoms with E-state index < -0.39 is 5.60 Å². The van der Waals surface area contributed by atoms with Crippen LogP contribution in [0.5, 0.6) is 0 Å². The van der Waals surface area contributed by atoms with Crippen molar-refractivity contribution in [2.45, 2.75) is 91.2 Å². The Labute approximate surface area is 257 Å². The van der Waals surface area contributed by atoms with E-state index in [1.54, 1.807) is 0 Å². The second-order valence-corrected chi connectivity index (χ2v) is 13.5. The number of carbonyl (C=O) groups is 1. The molecule has 1 aliphatic carbocycles. The lowest BCUT2D eigenvalue weighted by Crippen LogP contribution is -2.38. The van der Waals surface area contributed by atoms with Crippen molar-refractivity contribution in [2.24, 2.45) is 5.92 Å². The fourth-order valence-corrected chi connectivity index (χ4v) is 6.32. The second kappa shape index (κ2) is 12.5. The summed E-state index contributed by atoms with van der Waals surface area (Å²) >= 11 is 0. The molecule has 0 unspecified atom stereocenters. The van der Waals surface area contributed by atoms with Crippen LogP contribution in [0.2, 0.25) is 0 Å². The molecule has 0 amide bonds. The summed E-state index contributed by atoms with van der Waals surface area (Å²) in [5.74, 6) is 1.26. The maximum absolute atomic E-state index is 12.1. The molecule has 0 atom stereocenters. The smallest absolute Gasteiger partial charge is 0.306 e. The Bertz CT molecular complexity index is 1450. The topological polar surface area (TPSA) is 63.2 Å². The van der Waals surface area contributed by atoms with Gasteiger partial charge in [-0.3, -0.25) is 4.79 Å². The van der Waals surface area contributed by atoms with Crippen molar-refractivity contribution < 1.29 is 14.1 Å². The molecule has 1 aliphatic heterocycles. The molecule has 0 N–H and O–H groups in total. The van der Waals surface area contributed by atoms with E-state index in [1.807, 2.05) is 34.6 Å². The average Bonchev–Trinajstić information content (AvgIpc) is 3.70. The van der Waals surface area contributed by atoms with Crippen LogP contribution in [0.3, 0.4) is 0 Å². The Morgan fingerprint density at radius 1 is 1.12 bits per heavy atom. The second-order valence-electron chi connectivity index (χ2n) is 13.5. The van der Waals surface area contributed by atoms with Crippen molar-refractivity contribution in [1.29, 1.82) is 0 Å². The van der Waals surface area contributed by atoms with Gasteiger partial charge in [0, 0.05) is 48.3 Å². The van der Waals surface area contributed by atoms with Crippen molar-refractivity contribution in [3.63, 3.8) is 0 Å². The van der Waals surface area contributed by atoms with Gasteiger partial charge in [-0.1, -0.05) is 17.3 Å². The third kappa shape index (κ3) is 7.30. The van der Waals surface area contributed by atoms with Crippen molar-refractivity contribution in [3.05, 3.63) is 76.5 Å². The van der Waals surface area contributed by atoms with Crippen LogP contribution in [0.25, 0.3) is 16.0 Å². The van der Waals surface area contributed by atoms with Crippen molar-refractivity contribution in [3.8, 4) is 11.1 Å². The van der Waals surface area contributed by atoms with E-state index in [9.17, 15) is 4.79 Å². The molecular weight excluding hydrogens is 536 g/mol. The minimum absolute atomic E-state index is 0.109.